The maximum Gasteiger partial charge on any atom is 0.311 e. The highest BCUT2D eigenvalue weighted by atomic mass is 16.6. The highest BCUT2D eigenvalue weighted by Gasteiger charge is 2.24. The van der Waals surface area contributed by atoms with Gasteiger partial charge in [0.2, 0.25) is 0 Å². The maximum absolute atomic E-state index is 12.2. The Balaban J connectivity index is 2.89. The summed E-state index contributed by atoms with van der Waals surface area (Å²) >= 11 is 0. The second-order valence-electron chi connectivity index (χ2n) is 6.53. The first-order valence-electron chi connectivity index (χ1n) is 7.13. The van der Waals surface area contributed by atoms with E-state index in [0.29, 0.717) is 13.0 Å². The number of esters is 1. The molecule has 0 fully saturated rings. The molecule has 3 nitrogen and oxygen atoms in total. The predicted molar refractivity (Wildman–Crippen MR) is 82.7 cm³/mol. The van der Waals surface area contributed by atoms with Crippen molar-refractivity contribution in [2.75, 3.05) is 6.54 Å². The highest BCUT2D eigenvalue weighted by molar-refractivity contribution is 5.73. The molecule has 112 valence electrons. The van der Waals surface area contributed by atoms with Gasteiger partial charge < -0.3 is 10.5 Å². The Hall–Kier alpha value is -1.35. The van der Waals surface area contributed by atoms with Crippen molar-refractivity contribution in [3.05, 3.63) is 34.4 Å². The molecule has 3 heteroatoms. The molecular weight excluding hydrogens is 250 g/mol. The zero-order valence-electron chi connectivity index (χ0n) is 13.5. The van der Waals surface area contributed by atoms with Gasteiger partial charge in [-0.15, -0.1) is 0 Å². The van der Waals surface area contributed by atoms with Crippen LogP contribution in [0.15, 0.2) is 12.1 Å². The Morgan fingerprint density at radius 1 is 1.15 bits per heavy atom. The molecule has 0 amide bonds. The summed E-state index contributed by atoms with van der Waals surface area (Å²) in [4.78, 5) is 12.2. The Labute approximate surface area is 122 Å². The molecule has 0 aliphatic carbocycles. The lowest BCUT2D eigenvalue weighted by atomic mass is 9.93. The number of carbonyl (C=O) groups excluding carboxylic acids is 1. The van der Waals surface area contributed by atoms with Gasteiger partial charge in [-0.25, -0.2) is 0 Å². The van der Waals surface area contributed by atoms with E-state index in [-0.39, 0.29) is 11.9 Å². The number of ether oxygens (including phenoxy) is 1. The zero-order valence-corrected chi connectivity index (χ0v) is 13.5. The van der Waals surface area contributed by atoms with Gasteiger partial charge in [-0.2, -0.15) is 0 Å². The number of benzene rings is 1. The van der Waals surface area contributed by atoms with E-state index in [0.717, 1.165) is 0 Å². The summed E-state index contributed by atoms with van der Waals surface area (Å²) in [5.41, 5.74) is 10.2. The molecule has 0 heterocycles. The van der Waals surface area contributed by atoms with Crippen molar-refractivity contribution in [3.8, 4) is 0 Å². The molecule has 1 rings (SSSR count). The van der Waals surface area contributed by atoms with Gasteiger partial charge in [-0.1, -0.05) is 12.1 Å². The molecule has 1 aromatic carbocycles. The summed E-state index contributed by atoms with van der Waals surface area (Å²) in [6.45, 7) is 12.2. The van der Waals surface area contributed by atoms with Crippen LogP contribution in [0.5, 0.6) is 0 Å². The Morgan fingerprint density at radius 2 is 1.70 bits per heavy atom. The van der Waals surface area contributed by atoms with Gasteiger partial charge in [0.15, 0.2) is 0 Å². The van der Waals surface area contributed by atoms with Crippen LogP contribution < -0.4 is 5.73 Å². The molecule has 2 N–H and O–H groups in total. The third-order valence-electron chi connectivity index (χ3n) is 3.44. The molecule has 0 aromatic heterocycles. The van der Waals surface area contributed by atoms with E-state index in [4.69, 9.17) is 10.5 Å². The van der Waals surface area contributed by atoms with Crippen LogP contribution in [-0.2, 0) is 16.0 Å². The minimum Gasteiger partial charge on any atom is -0.460 e. The van der Waals surface area contributed by atoms with Crippen molar-refractivity contribution in [3.63, 3.8) is 0 Å². The topological polar surface area (TPSA) is 52.3 Å². The van der Waals surface area contributed by atoms with Gasteiger partial charge >= 0.3 is 5.97 Å². The van der Waals surface area contributed by atoms with Gasteiger partial charge in [0.1, 0.15) is 5.60 Å². The minimum absolute atomic E-state index is 0.211. The van der Waals surface area contributed by atoms with Crippen LogP contribution in [0.25, 0.3) is 0 Å². The van der Waals surface area contributed by atoms with Gasteiger partial charge in [-0.05, 0) is 70.2 Å². The van der Waals surface area contributed by atoms with E-state index in [1.54, 1.807) is 0 Å². The van der Waals surface area contributed by atoms with Gasteiger partial charge in [-0.3, -0.25) is 4.79 Å². The lowest BCUT2D eigenvalue weighted by Crippen LogP contribution is -2.33. The van der Waals surface area contributed by atoms with Crippen molar-refractivity contribution >= 4 is 5.97 Å². The highest BCUT2D eigenvalue weighted by Crippen LogP contribution is 2.20. The van der Waals surface area contributed by atoms with E-state index in [1.807, 2.05) is 20.8 Å². The monoisotopic (exact) mass is 277 g/mol. The van der Waals surface area contributed by atoms with Crippen molar-refractivity contribution in [1.29, 1.82) is 0 Å². The first kappa shape index (κ1) is 16.7. The molecule has 0 bridgehead atoms. The summed E-state index contributed by atoms with van der Waals surface area (Å²) < 4.78 is 5.44. The molecular formula is C17H27NO2. The molecule has 0 radical (unpaired) electrons. The molecule has 0 spiro atoms. The number of nitrogens with two attached hydrogens (primary N) is 1. The summed E-state index contributed by atoms with van der Waals surface area (Å²) in [7, 11) is 0. The first-order chi connectivity index (χ1) is 9.14. The predicted octanol–water partition coefficient (Wildman–Crippen LogP) is 3.07. The lowest BCUT2D eigenvalue weighted by Gasteiger charge is -2.24. The lowest BCUT2D eigenvalue weighted by molar-refractivity contribution is -0.159. The number of hydrogen-bond acceptors (Lipinski definition) is 3. The summed E-state index contributed by atoms with van der Waals surface area (Å²) in [5.74, 6) is -0.493. The number of rotatable bonds is 4. The Kier molecular flexibility index (Phi) is 5.35. The third kappa shape index (κ3) is 4.64. The fourth-order valence-electron chi connectivity index (χ4n) is 2.15. The smallest absolute Gasteiger partial charge is 0.311 e. The fraction of sp³-hybridized carbons (Fsp3) is 0.588. The second kappa shape index (κ2) is 6.40. The van der Waals surface area contributed by atoms with Crippen LogP contribution in [0.2, 0.25) is 0 Å². The SMILES string of the molecule is Cc1cc(C)c(CC(CN)C(=O)OC(C)(C)C)cc1C. The minimum atomic E-state index is -0.470. The third-order valence-corrected chi connectivity index (χ3v) is 3.44. The molecule has 1 aromatic rings. The van der Waals surface area contributed by atoms with Crippen LogP contribution in [0.3, 0.4) is 0 Å². The Morgan fingerprint density at radius 3 is 2.20 bits per heavy atom. The largest absolute Gasteiger partial charge is 0.460 e. The molecule has 1 unspecified atom stereocenters. The van der Waals surface area contributed by atoms with Crippen LogP contribution in [0.4, 0.5) is 0 Å². The number of hydrogen-bond donors (Lipinski definition) is 1. The first-order valence-corrected chi connectivity index (χ1v) is 7.13. The Bertz CT molecular complexity index is 486. The van der Waals surface area contributed by atoms with Crippen molar-refractivity contribution in [2.45, 2.75) is 53.6 Å². The van der Waals surface area contributed by atoms with Gasteiger partial charge in [0.25, 0.3) is 0 Å². The van der Waals surface area contributed by atoms with E-state index >= 15 is 0 Å². The molecule has 1 atom stereocenters. The van der Waals surface area contributed by atoms with Crippen LogP contribution in [-0.4, -0.2) is 18.1 Å². The summed E-state index contributed by atoms with van der Waals surface area (Å²) in [6.07, 6.45) is 0.637. The summed E-state index contributed by atoms with van der Waals surface area (Å²) in [5, 5.41) is 0. The van der Waals surface area contributed by atoms with E-state index in [9.17, 15) is 4.79 Å². The van der Waals surface area contributed by atoms with Crippen LogP contribution >= 0.6 is 0 Å². The molecule has 0 saturated heterocycles. The fourth-order valence-corrected chi connectivity index (χ4v) is 2.15. The maximum atomic E-state index is 12.2. The second-order valence-corrected chi connectivity index (χ2v) is 6.53. The van der Waals surface area contributed by atoms with E-state index < -0.39 is 5.60 Å². The molecule has 0 aliphatic heterocycles. The zero-order chi connectivity index (χ0) is 15.5. The van der Waals surface area contributed by atoms with Gasteiger partial charge in [0.05, 0.1) is 5.92 Å². The average Bonchev–Trinajstić information content (AvgIpc) is 2.29. The average molecular weight is 277 g/mol. The van der Waals surface area contributed by atoms with Crippen molar-refractivity contribution in [1.82, 2.24) is 0 Å². The normalized spacial score (nSPS) is 13.2. The number of carbonyl (C=O) groups is 1. The molecule has 0 aliphatic rings. The van der Waals surface area contributed by atoms with Gasteiger partial charge in [0, 0.05) is 6.54 Å². The van der Waals surface area contributed by atoms with Crippen molar-refractivity contribution in [2.24, 2.45) is 11.7 Å². The standard InChI is InChI=1S/C17H27NO2/c1-11-7-13(3)14(8-12(11)2)9-15(10-18)16(19)20-17(4,5)6/h7-8,15H,9-10,18H2,1-6H3. The molecule has 20 heavy (non-hydrogen) atoms. The number of aryl methyl sites for hydroxylation is 3. The summed E-state index contributed by atoms with van der Waals surface area (Å²) in [6, 6.07) is 4.31. The van der Waals surface area contributed by atoms with E-state index in [2.05, 4.69) is 32.9 Å². The quantitative estimate of drug-likeness (QED) is 0.861. The van der Waals surface area contributed by atoms with Crippen LogP contribution in [0, 0.1) is 26.7 Å². The molecule has 0 saturated carbocycles. The van der Waals surface area contributed by atoms with Crippen molar-refractivity contribution < 1.29 is 9.53 Å². The van der Waals surface area contributed by atoms with E-state index in [1.165, 1.54) is 22.3 Å². The van der Waals surface area contributed by atoms with Crippen LogP contribution in [0.1, 0.15) is 43.0 Å².